The first-order valence-corrected chi connectivity index (χ1v) is 8.06. The van der Waals surface area contributed by atoms with Crippen molar-refractivity contribution in [3.63, 3.8) is 0 Å². The first-order chi connectivity index (χ1) is 12.1. The molecule has 7 heteroatoms. The smallest absolute Gasteiger partial charge is 0.337 e. The Bertz CT molecular complexity index is 908. The number of hydrogen-bond acceptors (Lipinski definition) is 4. The molecule has 0 unspecified atom stereocenters. The fourth-order valence-electron chi connectivity index (χ4n) is 2.70. The monoisotopic (exact) mass is 357 g/mol. The van der Waals surface area contributed by atoms with E-state index >= 15 is 0 Å². The maximum absolute atomic E-state index is 11.2. The normalized spacial score (nSPS) is 10.8. The molecule has 0 saturated heterocycles. The van der Waals surface area contributed by atoms with Crippen molar-refractivity contribution < 1.29 is 15.0 Å². The Kier molecular flexibility index (Phi) is 5.11. The van der Waals surface area contributed by atoms with Crippen LogP contribution < -0.4 is 0 Å². The number of aromatic amines is 1. The number of aliphatic hydroxyl groups excluding tert-OH is 1. The van der Waals surface area contributed by atoms with Gasteiger partial charge in [0.1, 0.15) is 5.15 Å². The largest absolute Gasteiger partial charge is 0.478 e. The number of rotatable bonds is 6. The third-order valence-electron chi connectivity index (χ3n) is 4.01. The number of nitrogens with one attached hydrogen (secondary N) is 1. The van der Waals surface area contributed by atoms with Crippen molar-refractivity contribution in [3.05, 3.63) is 70.4 Å². The highest BCUT2D eigenvalue weighted by Crippen LogP contribution is 2.24. The maximum Gasteiger partial charge on any atom is 0.337 e. The van der Waals surface area contributed by atoms with Gasteiger partial charge in [0, 0.05) is 35.9 Å². The molecule has 0 bridgehead atoms. The third-order valence-corrected chi connectivity index (χ3v) is 4.35. The third kappa shape index (κ3) is 3.70. The van der Waals surface area contributed by atoms with Crippen LogP contribution in [0.2, 0.25) is 5.15 Å². The van der Waals surface area contributed by atoms with Crippen LogP contribution in [0.15, 0.2) is 43.0 Å². The minimum absolute atomic E-state index is 0.0926. The SMILES string of the molecule is O=C(O)c1c[nH]c(Cl)c1CCc1ccnc(-c2cnccc2CO)c1. The zero-order chi connectivity index (χ0) is 17.8. The number of carboxylic acid groups (broad SMARTS) is 1. The van der Waals surface area contributed by atoms with Crippen LogP contribution in [0.1, 0.15) is 27.0 Å². The van der Waals surface area contributed by atoms with Gasteiger partial charge in [0.15, 0.2) is 0 Å². The first kappa shape index (κ1) is 17.1. The molecule has 25 heavy (non-hydrogen) atoms. The van der Waals surface area contributed by atoms with Gasteiger partial charge in [-0.05, 0) is 42.2 Å². The average Bonchev–Trinajstić information content (AvgIpc) is 3.01. The quantitative estimate of drug-likeness (QED) is 0.629. The molecule has 0 saturated carbocycles. The summed E-state index contributed by atoms with van der Waals surface area (Å²) in [5.74, 6) is -1.00. The lowest BCUT2D eigenvalue weighted by Crippen LogP contribution is -2.01. The Morgan fingerprint density at radius 1 is 1.24 bits per heavy atom. The van der Waals surface area contributed by atoms with Gasteiger partial charge in [0.05, 0.1) is 17.9 Å². The standard InChI is InChI=1S/C18H16ClN3O3/c19-17-13(15(9-22-17)18(24)25)2-1-11-3-6-21-16(7-11)14-8-20-5-4-12(14)10-23/h3-9,22-23H,1-2,10H2,(H,24,25). The number of halogens is 1. The molecule has 3 aromatic rings. The molecule has 0 spiro atoms. The van der Waals surface area contributed by atoms with Gasteiger partial charge in [-0.3, -0.25) is 9.97 Å². The summed E-state index contributed by atoms with van der Waals surface area (Å²) in [6.45, 7) is -0.0926. The summed E-state index contributed by atoms with van der Waals surface area (Å²) in [7, 11) is 0. The highest BCUT2D eigenvalue weighted by molar-refractivity contribution is 6.30. The van der Waals surface area contributed by atoms with E-state index in [1.54, 1.807) is 24.7 Å². The molecule has 0 aliphatic rings. The number of aromatic nitrogens is 3. The molecule has 0 aliphatic carbocycles. The summed E-state index contributed by atoms with van der Waals surface area (Å²) in [6.07, 6.45) is 7.50. The van der Waals surface area contributed by atoms with Gasteiger partial charge < -0.3 is 15.2 Å². The second-order valence-electron chi connectivity index (χ2n) is 5.54. The number of nitrogens with zero attached hydrogens (tertiary/aromatic N) is 2. The molecule has 128 valence electrons. The minimum Gasteiger partial charge on any atom is -0.478 e. The minimum atomic E-state index is -1.00. The lowest BCUT2D eigenvalue weighted by Gasteiger charge is -2.08. The zero-order valence-electron chi connectivity index (χ0n) is 13.2. The van der Waals surface area contributed by atoms with Gasteiger partial charge in [-0.25, -0.2) is 4.79 Å². The predicted molar refractivity (Wildman–Crippen MR) is 93.6 cm³/mol. The van der Waals surface area contributed by atoms with E-state index in [9.17, 15) is 15.0 Å². The summed E-state index contributed by atoms with van der Waals surface area (Å²) in [6, 6.07) is 5.54. The van der Waals surface area contributed by atoms with Gasteiger partial charge in [0.25, 0.3) is 0 Å². The average molecular weight is 358 g/mol. The number of H-pyrrole nitrogens is 1. The summed E-state index contributed by atoms with van der Waals surface area (Å²) >= 11 is 6.05. The number of hydrogen-bond donors (Lipinski definition) is 3. The Balaban J connectivity index is 1.84. The van der Waals surface area contributed by atoms with Crippen molar-refractivity contribution in [1.82, 2.24) is 15.0 Å². The van der Waals surface area contributed by atoms with E-state index in [-0.39, 0.29) is 12.2 Å². The second kappa shape index (κ2) is 7.46. The van der Waals surface area contributed by atoms with Crippen LogP contribution in [0.5, 0.6) is 0 Å². The van der Waals surface area contributed by atoms with E-state index in [0.717, 1.165) is 16.7 Å². The van der Waals surface area contributed by atoms with Crippen molar-refractivity contribution in [2.75, 3.05) is 0 Å². The van der Waals surface area contributed by atoms with Crippen LogP contribution in [0.3, 0.4) is 0 Å². The van der Waals surface area contributed by atoms with Crippen molar-refractivity contribution in [1.29, 1.82) is 0 Å². The Morgan fingerprint density at radius 2 is 2.08 bits per heavy atom. The maximum atomic E-state index is 11.2. The van der Waals surface area contributed by atoms with E-state index < -0.39 is 5.97 Å². The molecule has 0 fully saturated rings. The molecular formula is C18H16ClN3O3. The van der Waals surface area contributed by atoms with E-state index in [1.165, 1.54) is 6.20 Å². The van der Waals surface area contributed by atoms with Gasteiger partial charge >= 0.3 is 5.97 Å². The van der Waals surface area contributed by atoms with Crippen LogP contribution in [0.4, 0.5) is 0 Å². The molecule has 0 aromatic carbocycles. The number of aryl methyl sites for hydroxylation is 1. The van der Waals surface area contributed by atoms with Crippen molar-refractivity contribution in [3.8, 4) is 11.3 Å². The Hall–Kier alpha value is -2.70. The van der Waals surface area contributed by atoms with E-state index in [1.807, 2.05) is 12.1 Å². The van der Waals surface area contributed by atoms with Crippen molar-refractivity contribution in [2.45, 2.75) is 19.4 Å². The van der Waals surface area contributed by atoms with Crippen LogP contribution in [0, 0.1) is 0 Å². The van der Waals surface area contributed by atoms with E-state index in [2.05, 4.69) is 15.0 Å². The number of carbonyl (C=O) groups is 1. The second-order valence-corrected chi connectivity index (χ2v) is 5.92. The summed E-state index contributed by atoms with van der Waals surface area (Å²) in [5.41, 5.74) is 4.01. The number of aliphatic hydroxyl groups is 1. The van der Waals surface area contributed by atoms with E-state index in [0.29, 0.717) is 29.3 Å². The fourth-order valence-corrected chi connectivity index (χ4v) is 2.95. The van der Waals surface area contributed by atoms with Gasteiger partial charge in [-0.2, -0.15) is 0 Å². The molecular weight excluding hydrogens is 342 g/mol. The van der Waals surface area contributed by atoms with Crippen LogP contribution in [-0.2, 0) is 19.4 Å². The molecule has 3 heterocycles. The summed E-state index contributed by atoms with van der Waals surface area (Å²) < 4.78 is 0. The zero-order valence-corrected chi connectivity index (χ0v) is 14.0. The van der Waals surface area contributed by atoms with Gasteiger partial charge in [0.2, 0.25) is 0 Å². The molecule has 6 nitrogen and oxygen atoms in total. The topological polar surface area (TPSA) is 99.1 Å². The number of aromatic carboxylic acids is 1. The molecule has 0 atom stereocenters. The van der Waals surface area contributed by atoms with E-state index in [4.69, 9.17) is 11.6 Å². The molecule has 3 N–H and O–H groups in total. The summed E-state index contributed by atoms with van der Waals surface area (Å²) in [4.78, 5) is 22.4. The first-order valence-electron chi connectivity index (χ1n) is 7.68. The fraction of sp³-hybridized carbons (Fsp3) is 0.167. The van der Waals surface area contributed by atoms with Crippen LogP contribution in [-0.4, -0.2) is 31.1 Å². The van der Waals surface area contributed by atoms with Crippen molar-refractivity contribution in [2.24, 2.45) is 0 Å². The summed E-state index contributed by atoms with van der Waals surface area (Å²) in [5, 5.41) is 19.0. The molecule has 0 aliphatic heterocycles. The lowest BCUT2D eigenvalue weighted by molar-refractivity contribution is 0.0696. The Labute approximate surface area is 149 Å². The number of carboxylic acids is 1. The highest BCUT2D eigenvalue weighted by atomic mass is 35.5. The van der Waals surface area contributed by atoms with Gasteiger partial charge in [-0.1, -0.05) is 11.6 Å². The number of pyridine rings is 2. The lowest BCUT2D eigenvalue weighted by atomic mass is 10.0. The molecule has 3 rings (SSSR count). The van der Waals surface area contributed by atoms with Crippen molar-refractivity contribution >= 4 is 17.6 Å². The predicted octanol–water partition coefficient (Wildman–Crippen LogP) is 3.10. The Morgan fingerprint density at radius 3 is 2.84 bits per heavy atom. The molecule has 0 radical (unpaired) electrons. The molecule has 0 amide bonds. The van der Waals surface area contributed by atoms with Crippen LogP contribution in [0.25, 0.3) is 11.3 Å². The van der Waals surface area contributed by atoms with Gasteiger partial charge in [-0.15, -0.1) is 0 Å². The highest BCUT2D eigenvalue weighted by Gasteiger charge is 2.15. The molecule has 3 aromatic heterocycles. The van der Waals surface area contributed by atoms with Crippen LogP contribution >= 0.6 is 11.6 Å².